The van der Waals surface area contributed by atoms with Crippen LogP contribution in [-0.2, 0) is 9.53 Å². The average Bonchev–Trinajstić information content (AvgIpc) is 3.34. The first-order valence-corrected chi connectivity index (χ1v) is 10.3. The highest BCUT2D eigenvalue weighted by Crippen LogP contribution is 2.27. The van der Waals surface area contributed by atoms with E-state index in [4.69, 9.17) is 14.0 Å². The van der Waals surface area contributed by atoms with E-state index in [1.807, 2.05) is 29.2 Å². The number of carbonyl (C=O) groups is 2. The summed E-state index contributed by atoms with van der Waals surface area (Å²) in [7, 11) is 2.92. The van der Waals surface area contributed by atoms with Gasteiger partial charge >= 0.3 is 12.0 Å². The number of carbonyl (C=O) groups excluding carboxylic acids is 2. The Labute approximate surface area is 185 Å². The molecule has 0 bridgehead atoms. The number of piperidine rings is 1. The zero-order valence-electron chi connectivity index (χ0n) is 17.9. The van der Waals surface area contributed by atoms with Crippen LogP contribution in [0.3, 0.4) is 0 Å². The van der Waals surface area contributed by atoms with Crippen LogP contribution in [0.5, 0.6) is 5.75 Å². The highest BCUT2D eigenvalue weighted by molar-refractivity contribution is 6.02. The van der Waals surface area contributed by atoms with E-state index >= 15 is 0 Å². The molecular weight excluding hydrogens is 412 g/mol. The normalized spacial score (nSPS) is 15.8. The summed E-state index contributed by atoms with van der Waals surface area (Å²) in [6.45, 7) is 1.16. The molecule has 0 aliphatic carbocycles. The van der Waals surface area contributed by atoms with Crippen molar-refractivity contribution in [3.05, 3.63) is 54.1 Å². The lowest BCUT2D eigenvalue weighted by molar-refractivity contribution is -0.120. The van der Waals surface area contributed by atoms with Gasteiger partial charge in [-0.15, -0.1) is 0 Å². The van der Waals surface area contributed by atoms with Gasteiger partial charge in [-0.25, -0.2) is 4.79 Å². The lowest BCUT2D eigenvalue weighted by atomic mass is 9.97. The van der Waals surface area contributed by atoms with Gasteiger partial charge in [-0.3, -0.25) is 4.79 Å². The van der Waals surface area contributed by atoms with E-state index in [9.17, 15) is 9.59 Å². The van der Waals surface area contributed by atoms with Crippen molar-refractivity contribution in [2.24, 2.45) is 5.92 Å². The van der Waals surface area contributed by atoms with Crippen LogP contribution in [0, 0.1) is 5.92 Å². The van der Waals surface area contributed by atoms with Crippen molar-refractivity contribution in [2.45, 2.75) is 12.8 Å². The van der Waals surface area contributed by atoms with Crippen LogP contribution in [0.4, 0.5) is 11.7 Å². The number of hydrogen-bond acceptors (Lipinski definition) is 8. The van der Waals surface area contributed by atoms with Gasteiger partial charge in [-0.2, -0.15) is 4.98 Å². The highest BCUT2D eigenvalue weighted by Gasteiger charge is 2.29. The molecule has 32 heavy (non-hydrogen) atoms. The SMILES string of the molecule is COC(=O)c1ccccc1NC(=O)[C@@H]1CCCN(c2nc(-c3ccc(OC)cc3)no2)C1. The van der Waals surface area contributed by atoms with Gasteiger partial charge in [0.05, 0.1) is 31.4 Å². The van der Waals surface area contributed by atoms with E-state index in [2.05, 4.69) is 15.5 Å². The Balaban J connectivity index is 1.44. The zero-order valence-corrected chi connectivity index (χ0v) is 17.9. The van der Waals surface area contributed by atoms with Crippen LogP contribution in [0.1, 0.15) is 23.2 Å². The molecule has 1 aliphatic heterocycles. The number of esters is 1. The number of anilines is 2. The number of methoxy groups -OCH3 is 2. The summed E-state index contributed by atoms with van der Waals surface area (Å²) in [5.41, 5.74) is 1.56. The minimum Gasteiger partial charge on any atom is -0.497 e. The molecule has 1 atom stereocenters. The maximum atomic E-state index is 12.9. The zero-order chi connectivity index (χ0) is 22.5. The number of hydrogen-bond donors (Lipinski definition) is 1. The molecule has 4 rings (SSSR count). The van der Waals surface area contributed by atoms with Crippen LogP contribution in [0.2, 0.25) is 0 Å². The van der Waals surface area contributed by atoms with Crippen molar-refractivity contribution in [3.63, 3.8) is 0 Å². The Morgan fingerprint density at radius 2 is 1.91 bits per heavy atom. The van der Waals surface area contributed by atoms with Gasteiger partial charge < -0.3 is 24.2 Å². The van der Waals surface area contributed by atoms with E-state index in [0.29, 0.717) is 36.2 Å². The summed E-state index contributed by atoms with van der Waals surface area (Å²) in [4.78, 5) is 31.3. The standard InChI is InChI=1S/C23H24N4O5/c1-30-17-11-9-15(10-12-17)20-25-23(32-26-20)27-13-5-6-16(14-27)21(28)24-19-8-4-3-7-18(19)22(29)31-2/h3-4,7-12,16H,5-6,13-14H2,1-2H3,(H,24,28)/t16-/m1/s1. The molecule has 1 amide bonds. The highest BCUT2D eigenvalue weighted by atomic mass is 16.5. The number of nitrogens with zero attached hydrogens (tertiary/aromatic N) is 3. The molecule has 2 aromatic carbocycles. The molecule has 0 radical (unpaired) electrons. The fourth-order valence-corrected chi connectivity index (χ4v) is 3.68. The quantitative estimate of drug-likeness (QED) is 0.586. The molecule has 9 heteroatoms. The number of ether oxygens (including phenoxy) is 2. The van der Waals surface area contributed by atoms with Gasteiger partial charge in [0.1, 0.15) is 5.75 Å². The van der Waals surface area contributed by atoms with Crippen LogP contribution in [0.15, 0.2) is 53.1 Å². The van der Waals surface area contributed by atoms with Crippen LogP contribution in [0.25, 0.3) is 11.4 Å². The van der Waals surface area contributed by atoms with Crippen molar-refractivity contribution in [1.82, 2.24) is 10.1 Å². The first-order chi connectivity index (χ1) is 15.6. The molecule has 0 unspecified atom stereocenters. The topological polar surface area (TPSA) is 107 Å². The van der Waals surface area contributed by atoms with Crippen molar-refractivity contribution >= 4 is 23.6 Å². The first-order valence-electron chi connectivity index (χ1n) is 10.3. The number of benzene rings is 2. The average molecular weight is 436 g/mol. The Morgan fingerprint density at radius 3 is 2.66 bits per heavy atom. The van der Waals surface area contributed by atoms with E-state index < -0.39 is 5.97 Å². The van der Waals surface area contributed by atoms with Crippen LogP contribution in [-0.4, -0.2) is 49.3 Å². The van der Waals surface area contributed by atoms with Crippen molar-refractivity contribution in [1.29, 1.82) is 0 Å². The second-order valence-corrected chi connectivity index (χ2v) is 7.44. The maximum Gasteiger partial charge on any atom is 0.339 e. The molecule has 1 fully saturated rings. The van der Waals surface area contributed by atoms with Gasteiger partial charge in [-0.05, 0) is 49.2 Å². The van der Waals surface area contributed by atoms with Crippen LogP contribution < -0.4 is 15.0 Å². The smallest absolute Gasteiger partial charge is 0.339 e. The van der Waals surface area contributed by atoms with Crippen LogP contribution >= 0.6 is 0 Å². The third kappa shape index (κ3) is 4.56. The third-order valence-corrected chi connectivity index (χ3v) is 5.42. The summed E-state index contributed by atoms with van der Waals surface area (Å²) in [6, 6.07) is 14.5. The largest absolute Gasteiger partial charge is 0.497 e. The number of amides is 1. The lowest BCUT2D eigenvalue weighted by Crippen LogP contribution is -2.41. The van der Waals surface area contributed by atoms with E-state index in [1.54, 1.807) is 31.4 Å². The monoisotopic (exact) mass is 436 g/mol. The molecule has 0 spiro atoms. The van der Waals surface area contributed by atoms with Gasteiger partial charge in [-0.1, -0.05) is 17.3 Å². The Morgan fingerprint density at radius 1 is 1.12 bits per heavy atom. The minimum atomic E-state index is -0.497. The molecule has 1 aromatic heterocycles. The molecule has 0 saturated carbocycles. The molecule has 9 nitrogen and oxygen atoms in total. The molecule has 2 heterocycles. The molecule has 1 saturated heterocycles. The van der Waals surface area contributed by atoms with Gasteiger partial charge in [0.15, 0.2) is 0 Å². The summed E-state index contributed by atoms with van der Waals surface area (Å²) < 4.78 is 15.4. The van der Waals surface area contributed by atoms with Gasteiger partial charge in [0.2, 0.25) is 11.7 Å². The molecule has 1 aliphatic rings. The third-order valence-electron chi connectivity index (χ3n) is 5.42. The van der Waals surface area contributed by atoms with Crippen molar-refractivity contribution in [3.8, 4) is 17.1 Å². The molecule has 3 aromatic rings. The predicted octanol–water partition coefficient (Wildman–Crippen LogP) is 3.39. The maximum absolute atomic E-state index is 12.9. The Bertz CT molecular complexity index is 1100. The first kappa shape index (κ1) is 21.4. The number of nitrogens with one attached hydrogen (secondary N) is 1. The summed E-state index contributed by atoms with van der Waals surface area (Å²) >= 11 is 0. The fraction of sp³-hybridized carbons (Fsp3) is 0.304. The van der Waals surface area contributed by atoms with E-state index in [-0.39, 0.29) is 11.8 Å². The summed E-state index contributed by atoms with van der Waals surface area (Å²) in [5.74, 6) is 0.271. The molecule has 1 N–H and O–H groups in total. The van der Waals surface area contributed by atoms with Crippen molar-refractivity contribution in [2.75, 3.05) is 37.5 Å². The summed E-state index contributed by atoms with van der Waals surface area (Å²) in [5, 5.41) is 6.94. The number of para-hydroxylation sites is 1. The van der Waals surface area contributed by atoms with E-state index in [0.717, 1.165) is 24.2 Å². The summed E-state index contributed by atoms with van der Waals surface area (Å²) in [6.07, 6.45) is 1.53. The second kappa shape index (κ2) is 9.51. The number of aromatic nitrogens is 2. The van der Waals surface area contributed by atoms with Gasteiger partial charge in [0.25, 0.3) is 0 Å². The predicted molar refractivity (Wildman–Crippen MR) is 118 cm³/mol. The lowest BCUT2D eigenvalue weighted by Gasteiger charge is -2.30. The number of rotatable bonds is 6. The second-order valence-electron chi connectivity index (χ2n) is 7.44. The fourth-order valence-electron chi connectivity index (χ4n) is 3.68. The van der Waals surface area contributed by atoms with Crippen molar-refractivity contribution < 1.29 is 23.6 Å². The molecular formula is C23H24N4O5. The Hall–Kier alpha value is -3.88. The Kier molecular flexibility index (Phi) is 6.34. The van der Waals surface area contributed by atoms with Gasteiger partial charge in [0, 0.05) is 18.7 Å². The minimum absolute atomic E-state index is 0.166. The van der Waals surface area contributed by atoms with E-state index in [1.165, 1.54) is 7.11 Å². The molecule has 166 valence electrons.